The van der Waals surface area contributed by atoms with E-state index in [1.807, 2.05) is 0 Å². The van der Waals surface area contributed by atoms with Crippen LogP contribution in [0.3, 0.4) is 0 Å². The number of benzene rings is 1. The Morgan fingerprint density at radius 3 is 2.03 bits per heavy atom. The minimum absolute atomic E-state index is 0.179. The maximum Gasteiger partial charge on any atom is 0.427 e. The topological polar surface area (TPSA) is 110 Å². The highest BCUT2D eigenvalue weighted by Crippen LogP contribution is 2.49. The SMILES string of the molecule is C=C(C)C(=O)Oc1ccccc1C(O)OC(CS(=O)(=O)O)(C(F)(F)F)C(F)(F)F. The summed E-state index contributed by atoms with van der Waals surface area (Å²) >= 11 is 0. The molecule has 0 heterocycles. The largest absolute Gasteiger partial charge is 0.427 e. The van der Waals surface area contributed by atoms with Gasteiger partial charge in [-0.15, -0.1) is 0 Å². The maximum absolute atomic E-state index is 13.3. The van der Waals surface area contributed by atoms with Crippen LogP contribution in [-0.2, 0) is 19.6 Å². The molecule has 1 atom stereocenters. The summed E-state index contributed by atoms with van der Waals surface area (Å²) in [5.41, 5.74) is -6.52. The molecule has 0 spiro atoms. The third-order valence-corrected chi connectivity index (χ3v) is 4.12. The van der Waals surface area contributed by atoms with Crippen LogP contribution >= 0.6 is 0 Å². The highest BCUT2D eigenvalue weighted by molar-refractivity contribution is 7.85. The number of carbonyl (C=O) groups is 1. The van der Waals surface area contributed by atoms with Gasteiger partial charge in [-0.05, 0) is 13.0 Å². The Morgan fingerprint density at radius 2 is 1.62 bits per heavy atom. The van der Waals surface area contributed by atoms with Gasteiger partial charge in [0.2, 0.25) is 0 Å². The number of carbonyl (C=O) groups excluding carboxylic acids is 1. The van der Waals surface area contributed by atoms with Crippen LogP contribution in [-0.4, -0.2) is 47.8 Å². The number of aliphatic hydroxyl groups excluding tert-OH is 1. The number of rotatable bonds is 7. The van der Waals surface area contributed by atoms with Crippen molar-refractivity contribution in [1.29, 1.82) is 0 Å². The van der Waals surface area contributed by atoms with Crippen LogP contribution in [0.2, 0.25) is 0 Å². The predicted octanol–water partition coefficient (Wildman–Crippen LogP) is 2.93. The molecular formula is C15H14F6O7S. The van der Waals surface area contributed by atoms with Gasteiger partial charge in [0.15, 0.2) is 6.29 Å². The number of ether oxygens (including phenoxy) is 2. The number of para-hydroxylation sites is 1. The number of hydrogen-bond donors (Lipinski definition) is 2. The van der Waals surface area contributed by atoms with Crippen molar-refractivity contribution < 1.29 is 58.7 Å². The second-order valence-corrected chi connectivity index (χ2v) is 7.18. The summed E-state index contributed by atoms with van der Waals surface area (Å²) in [5, 5.41) is 9.90. The van der Waals surface area contributed by atoms with Gasteiger partial charge in [0, 0.05) is 5.57 Å². The Labute approximate surface area is 160 Å². The zero-order chi connectivity index (χ0) is 22.8. The van der Waals surface area contributed by atoms with Crippen molar-refractivity contribution in [2.75, 3.05) is 5.75 Å². The van der Waals surface area contributed by atoms with Gasteiger partial charge in [0.1, 0.15) is 11.5 Å². The molecular weight excluding hydrogens is 438 g/mol. The number of esters is 1. The number of alkyl halides is 6. The van der Waals surface area contributed by atoms with E-state index in [9.17, 15) is 44.7 Å². The molecule has 0 aromatic heterocycles. The smallest absolute Gasteiger partial charge is 0.423 e. The van der Waals surface area contributed by atoms with Gasteiger partial charge in [-0.1, -0.05) is 24.8 Å². The summed E-state index contributed by atoms with van der Waals surface area (Å²) in [6, 6.07) is 3.94. The van der Waals surface area contributed by atoms with Crippen LogP contribution < -0.4 is 4.74 Å². The second kappa shape index (κ2) is 8.30. The van der Waals surface area contributed by atoms with Gasteiger partial charge in [-0.25, -0.2) is 4.79 Å². The van der Waals surface area contributed by atoms with E-state index in [1.54, 1.807) is 0 Å². The molecule has 0 bridgehead atoms. The molecule has 0 radical (unpaired) electrons. The Bertz CT molecular complexity index is 862. The number of halogens is 6. The van der Waals surface area contributed by atoms with Gasteiger partial charge in [-0.2, -0.15) is 34.8 Å². The molecule has 1 aromatic rings. The molecule has 7 nitrogen and oxygen atoms in total. The number of hydrogen-bond acceptors (Lipinski definition) is 6. The van der Waals surface area contributed by atoms with E-state index >= 15 is 0 Å². The molecule has 0 saturated heterocycles. The monoisotopic (exact) mass is 452 g/mol. The fourth-order valence-electron chi connectivity index (χ4n) is 1.97. The lowest BCUT2D eigenvalue weighted by Gasteiger charge is -2.37. The van der Waals surface area contributed by atoms with Gasteiger partial charge in [0.05, 0.1) is 5.56 Å². The van der Waals surface area contributed by atoms with Crippen molar-refractivity contribution in [3.8, 4) is 5.75 Å². The molecule has 164 valence electrons. The molecule has 0 aliphatic carbocycles. The van der Waals surface area contributed by atoms with E-state index in [4.69, 9.17) is 9.29 Å². The standard InChI is InChI=1S/C15H14F6O7S/c1-8(2)11(22)27-10-6-4-3-5-9(10)12(23)28-13(14(16,17)18,15(19,20)21)7-29(24,25)26/h3-6,12,23H,1,7H2,2H3,(H,24,25,26). The zero-order valence-corrected chi connectivity index (χ0v) is 15.2. The van der Waals surface area contributed by atoms with Crippen molar-refractivity contribution in [2.45, 2.75) is 31.2 Å². The van der Waals surface area contributed by atoms with E-state index in [0.29, 0.717) is 0 Å². The minimum atomic E-state index is -6.43. The second-order valence-electron chi connectivity index (χ2n) is 5.73. The lowest BCUT2D eigenvalue weighted by Crippen LogP contribution is -2.63. The van der Waals surface area contributed by atoms with Crippen molar-refractivity contribution in [1.82, 2.24) is 0 Å². The Hall–Kier alpha value is -2.16. The van der Waals surface area contributed by atoms with E-state index < -0.39 is 57.4 Å². The lowest BCUT2D eigenvalue weighted by atomic mass is 10.0. The fourth-order valence-corrected chi connectivity index (χ4v) is 2.88. The molecule has 2 N–H and O–H groups in total. The fraction of sp³-hybridized carbons (Fsp3) is 0.400. The highest BCUT2D eigenvalue weighted by Gasteiger charge is 2.74. The summed E-state index contributed by atoms with van der Waals surface area (Å²) in [5.74, 6) is -4.75. The van der Waals surface area contributed by atoms with E-state index in [2.05, 4.69) is 11.3 Å². The van der Waals surface area contributed by atoms with Crippen LogP contribution in [0.5, 0.6) is 5.75 Å². The Balaban J connectivity index is 3.49. The number of aliphatic hydroxyl groups is 1. The van der Waals surface area contributed by atoms with Crippen molar-refractivity contribution in [2.24, 2.45) is 0 Å². The highest BCUT2D eigenvalue weighted by atomic mass is 32.2. The van der Waals surface area contributed by atoms with E-state index in [-0.39, 0.29) is 5.57 Å². The van der Waals surface area contributed by atoms with Crippen LogP contribution in [0, 0.1) is 0 Å². The molecule has 14 heteroatoms. The summed E-state index contributed by atoms with van der Waals surface area (Å²) < 4.78 is 118. The molecule has 0 saturated carbocycles. The lowest BCUT2D eigenvalue weighted by molar-refractivity contribution is -0.399. The zero-order valence-electron chi connectivity index (χ0n) is 14.4. The van der Waals surface area contributed by atoms with Crippen LogP contribution in [0.1, 0.15) is 18.8 Å². The molecule has 1 rings (SSSR count). The maximum atomic E-state index is 13.3. The first-order valence-corrected chi connectivity index (χ1v) is 8.93. The summed E-state index contributed by atoms with van der Waals surface area (Å²) in [7, 11) is -5.89. The normalized spacial score (nSPS) is 14.4. The molecule has 0 fully saturated rings. The Morgan fingerprint density at radius 1 is 1.14 bits per heavy atom. The first kappa shape index (κ1) is 24.9. The molecule has 1 aromatic carbocycles. The average molecular weight is 452 g/mol. The van der Waals surface area contributed by atoms with Crippen molar-refractivity contribution in [3.63, 3.8) is 0 Å². The average Bonchev–Trinajstić information content (AvgIpc) is 2.51. The molecule has 0 aliphatic rings. The minimum Gasteiger partial charge on any atom is -0.423 e. The van der Waals surface area contributed by atoms with Gasteiger partial charge in [-0.3, -0.25) is 4.55 Å². The van der Waals surface area contributed by atoms with Crippen molar-refractivity contribution in [3.05, 3.63) is 42.0 Å². The summed E-state index contributed by atoms with van der Waals surface area (Å²) in [4.78, 5) is 11.6. The Kier molecular flexibility index (Phi) is 7.12. The molecule has 0 aliphatic heterocycles. The van der Waals surface area contributed by atoms with Gasteiger partial charge in [0.25, 0.3) is 15.7 Å². The van der Waals surface area contributed by atoms with Gasteiger partial charge < -0.3 is 14.6 Å². The van der Waals surface area contributed by atoms with E-state index in [1.165, 1.54) is 13.0 Å². The first-order chi connectivity index (χ1) is 12.9. The molecule has 29 heavy (non-hydrogen) atoms. The third kappa shape index (κ3) is 5.91. The van der Waals surface area contributed by atoms with Crippen LogP contribution in [0.4, 0.5) is 26.3 Å². The van der Waals surface area contributed by atoms with Crippen LogP contribution in [0.25, 0.3) is 0 Å². The van der Waals surface area contributed by atoms with Gasteiger partial charge >= 0.3 is 18.3 Å². The first-order valence-electron chi connectivity index (χ1n) is 7.32. The molecule has 0 amide bonds. The summed E-state index contributed by atoms with van der Waals surface area (Å²) in [6.07, 6.45) is -15.9. The quantitative estimate of drug-likeness (QED) is 0.164. The van der Waals surface area contributed by atoms with Crippen molar-refractivity contribution >= 4 is 16.1 Å². The van der Waals surface area contributed by atoms with E-state index in [0.717, 1.165) is 18.2 Å². The van der Waals surface area contributed by atoms with Crippen LogP contribution in [0.15, 0.2) is 36.4 Å². The summed E-state index contributed by atoms with van der Waals surface area (Å²) in [6.45, 7) is 4.43. The predicted molar refractivity (Wildman–Crippen MR) is 84.2 cm³/mol. The molecule has 1 unspecified atom stereocenters. The third-order valence-electron chi connectivity index (χ3n) is 3.35.